The molecular weight excluding hydrogens is 290 g/mol. The fourth-order valence-electron chi connectivity index (χ4n) is 1.38. The van der Waals surface area contributed by atoms with Crippen LogP contribution in [0.1, 0.15) is 47.0 Å². The predicted octanol–water partition coefficient (Wildman–Crippen LogP) is 0.426. The highest BCUT2D eigenvalue weighted by atomic mass is 16.6. The first-order valence-corrected chi connectivity index (χ1v) is 7.26. The maximum absolute atomic E-state index is 11.5. The maximum atomic E-state index is 11.5. The van der Waals surface area contributed by atoms with Gasteiger partial charge >= 0.3 is 18.0 Å². The van der Waals surface area contributed by atoms with E-state index in [4.69, 9.17) is 16.2 Å². The van der Waals surface area contributed by atoms with Gasteiger partial charge in [0.1, 0.15) is 17.7 Å². The number of ether oxygens (including phenoxy) is 2. The summed E-state index contributed by atoms with van der Waals surface area (Å²) < 4.78 is 9.58. The van der Waals surface area contributed by atoms with E-state index < -0.39 is 35.7 Å². The van der Waals surface area contributed by atoms with Gasteiger partial charge in [0, 0.05) is 6.54 Å². The van der Waals surface area contributed by atoms with Gasteiger partial charge < -0.3 is 26.3 Å². The van der Waals surface area contributed by atoms with Crippen molar-refractivity contribution in [2.75, 3.05) is 6.54 Å². The van der Waals surface area contributed by atoms with Crippen LogP contribution in [0.4, 0.5) is 4.79 Å². The minimum atomic E-state index is -0.885. The molecule has 0 fully saturated rings. The van der Waals surface area contributed by atoms with E-state index >= 15 is 0 Å². The second-order valence-corrected chi connectivity index (χ2v) is 6.06. The zero-order chi connectivity index (χ0) is 17.3. The van der Waals surface area contributed by atoms with Crippen LogP contribution >= 0.6 is 0 Å². The molecule has 0 spiro atoms. The van der Waals surface area contributed by atoms with Crippen molar-refractivity contribution < 1.29 is 23.9 Å². The third kappa shape index (κ3) is 10.1. The molecule has 1 amide bonds. The first-order chi connectivity index (χ1) is 10.0. The number of hydrogen-bond donors (Lipinski definition) is 3. The van der Waals surface area contributed by atoms with Gasteiger partial charge in [-0.05, 0) is 47.0 Å². The van der Waals surface area contributed by atoms with Crippen molar-refractivity contribution in [2.45, 2.75) is 64.6 Å². The van der Waals surface area contributed by atoms with Crippen LogP contribution < -0.4 is 16.8 Å². The van der Waals surface area contributed by atoms with Crippen LogP contribution in [0.3, 0.4) is 0 Å². The third-order valence-corrected chi connectivity index (χ3v) is 2.49. The Morgan fingerprint density at radius 1 is 1.09 bits per heavy atom. The Morgan fingerprint density at radius 2 is 1.68 bits per heavy atom. The Morgan fingerprint density at radius 3 is 2.18 bits per heavy atom. The molecule has 0 radical (unpaired) electrons. The molecule has 0 aromatic carbocycles. The number of rotatable bonds is 7. The quantitative estimate of drug-likeness (QED) is 0.352. The van der Waals surface area contributed by atoms with Gasteiger partial charge in [-0.1, -0.05) is 0 Å². The Hall–Kier alpha value is -1.67. The summed E-state index contributed by atoms with van der Waals surface area (Å²) in [6, 6.07) is -1.75. The SMILES string of the molecule is C[C@H](N)C(=O)OC(=O)[C@@H](N)CCCCNC(=O)OC(C)(C)C. The van der Waals surface area contributed by atoms with Gasteiger partial charge in [0.05, 0.1) is 0 Å². The van der Waals surface area contributed by atoms with Crippen molar-refractivity contribution in [2.24, 2.45) is 11.5 Å². The largest absolute Gasteiger partial charge is 0.444 e. The Balaban J connectivity index is 3.81. The number of carbonyl (C=O) groups is 3. The second kappa shape index (κ2) is 9.37. The van der Waals surface area contributed by atoms with Crippen molar-refractivity contribution in [3.8, 4) is 0 Å². The molecule has 0 unspecified atom stereocenters. The standard InChI is InChI=1S/C14H27N3O5/c1-9(15)11(18)21-12(19)10(16)7-5-6-8-17-13(20)22-14(2,3)4/h9-10H,5-8,15-16H2,1-4H3,(H,17,20)/t9-,10-/m0/s1. The highest BCUT2D eigenvalue weighted by Crippen LogP contribution is 2.06. The zero-order valence-corrected chi connectivity index (χ0v) is 13.7. The minimum absolute atomic E-state index is 0.348. The number of alkyl carbamates (subject to hydrolysis) is 1. The Bertz CT molecular complexity index is 390. The number of carbonyl (C=O) groups excluding carboxylic acids is 3. The molecule has 0 aliphatic heterocycles. The molecule has 5 N–H and O–H groups in total. The molecule has 2 atom stereocenters. The molecule has 22 heavy (non-hydrogen) atoms. The zero-order valence-electron chi connectivity index (χ0n) is 13.7. The lowest BCUT2D eigenvalue weighted by molar-refractivity contribution is -0.161. The lowest BCUT2D eigenvalue weighted by Gasteiger charge is -2.19. The number of nitrogens with two attached hydrogens (primary N) is 2. The van der Waals surface area contributed by atoms with Crippen LogP contribution in [-0.2, 0) is 19.1 Å². The van der Waals surface area contributed by atoms with E-state index in [2.05, 4.69) is 10.1 Å². The molecule has 0 aromatic heterocycles. The van der Waals surface area contributed by atoms with Crippen molar-refractivity contribution in [1.82, 2.24) is 5.32 Å². The lowest BCUT2D eigenvalue weighted by Crippen LogP contribution is -2.38. The molecular formula is C14H27N3O5. The second-order valence-electron chi connectivity index (χ2n) is 6.06. The molecule has 8 heteroatoms. The average molecular weight is 317 g/mol. The summed E-state index contributed by atoms with van der Waals surface area (Å²) in [4.78, 5) is 34.0. The van der Waals surface area contributed by atoms with Crippen molar-refractivity contribution in [3.05, 3.63) is 0 Å². The Labute approximate surface area is 130 Å². The molecule has 8 nitrogen and oxygen atoms in total. The molecule has 0 bridgehead atoms. The molecule has 0 aliphatic carbocycles. The summed E-state index contributed by atoms with van der Waals surface area (Å²) in [6.45, 7) is 7.17. The van der Waals surface area contributed by atoms with E-state index in [1.807, 2.05) is 0 Å². The first-order valence-electron chi connectivity index (χ1n) is 7.26. The number of hydrogen-bond acceptors (Lipinski definition) is 7. The summed E-state index contributed by atoms with van der Waals surface area (Å²) in [5.74, 6) is -1.59. The van der Waals surface area contributed by atoms with E-state index in [9.17, 15) is 14.4 Å². The monoisotopic (exact) mass is 317 g/mol. The van der Waals surface area contributed by atoms with Gasteiger partial charge in [-0.2, -0.15) is 0 Å². The van der Waals surface area contributed by atoms with Gasteiger partial charge in [0.15, 0.2) is 0 Å². The summed E-state index contributed by atoms with van der Waals surface area (Å²) in [5, 5.41) is 2.60. The van der Waals surface area contributed by atoms with Crippen LogP contribution in [-0.4, -0.2) is 42.3 Å². The highest BCUT2D eigenvalue weighted by Gasteiger charge is 2.20. The third-order valence-electron chi connectivity index (χ3n) is 2.49. The summed E-state index contributed by atoms with van der Waals surface area (Å²) in [6.07, 6.45) is 1.08. The predicted molar refractivity (Wildman–Crippen MR) is 80.8 cm³/mol. The number of nitrogens with one attached hydrogen (secondary N) is 1. The van der Waals surface area contributed by atoms with Gasteiger partial charge in [-0.25, -0.2) is 14.4 Å². The first kappa shape index (κ1) is 20.3. The van der Waals surface area contributed by atoms with Crippen molar-refractivity contribution in [1.29, 1.82) is 0 Å². The molecule has 0 rings (SSSR count). The van der Waals surface area contributed by atoms with E-state index in [1.165, 1.54) is 6.92 Å². The van der Waals surface area contributed by atoms with Gasteiger partial charge in [-0.15, -0.1) is 0 Å². The van der Waals surface area contributed by atoms with Crippen LogP contribution in [0.2, 0.25) is 0 Å². The van der Waals surface area contributed by atoms with Crippen LogP contribution in [0.25, 0.3) is 0 Å². The highest BCUT2D eigenvalue weighted by molar-refractivity contribution is 5.90. The van der Waals surface area contributed by atoms with Crippen molar-refractivity contribution in [3.63, 3.8) is 0 Å². The molecule has 0 aromatic rings. The topological polar surface area (TPSA) is 134 Å². The number of esters is 2. The maximum Gasteiger partial charge on any atom is 0.407 e. The molecule has 0 saturated heterocycles. The normalized spacial score (nSPS) is 13.9. The van der Waals surface area contributed by atoms with Gasteiger partial charge in [0.25, 0.3) is 0 Å². The summed E-state index contributed by atoms with van der Waals surface area (Å²) >= 11 is 0. The molecule has 0 saturated carbocycles. The molecule has 0 aliphatic rings. The summed E-state index contributed by atoms with van der Waals surface area (Å²) in [5.41, 5.74) is 10.3. The van der Waals surface area contributed by atoms with Gasteiger partial charge in [-0.3, -0.25) is 0 Å². The molecule has 0 heterocycles. The smallest absolute Gasteiger partial charge is 0.407 e. The Kier molecular flexibility index (Phi) is 8.66. The lowest BCUT2D eigenvalue weighted by atomic mass is 10.1. The average Bonchev–Trinajstić information content (AvgIpc) is 2.35. The minimum Gasteiger partial charge on any atom is -0.444 e. The van der Waals surface area contributed by atoms with Crippen LogP contribution in [0, 0.1) is 0 Å². The fourth-order valence-corrected chi connectivity index (χ4v) is 1.38. The molecule has 128 valence electrons. The fraction of sp³-hybridized carbons (Fsp3) is 0.786. The van der Waals surface area contributed by atoms with Crippen LogP contribution in [0.5, 0.6) is 0 Å². The van der Waals surface area contributed by atoms with E-state index in [-0.39, 0.29) is 0 Å². The summed E-state index contributed by atoms with van der Waals surface area (Å²) in [7, 11) is 0. The van der Waals surface area contributed by atoms with Crippen molar-refractivity contribution >= 4 is 18.0 Å². The van der Waals surface area contributed by atoms with Gasteiger partial charge in [0.2, 0.25) is 0 Å². The van der Waals surface area contributed by atoms with E-state index in [1.54, 1.807) is 20.8 Å². The van der Waals surface area contributed by atoms with E-state index in [0.717, 1.165) is 0 Å². The van der Waals surface area contributed by atoms with Crippen LogP contribution in [0.15, 0.2) is 0 Å². The number of unbranched alkanes of at least 4 members (excludes halogenated alkanes) is 1. The number of amides is 1. The van der Waals surface area contributed by atoms with E-state index in [0.29, 0.717) is 25.8 Å².